The summed E-state index contributed by atoms with van der Waals surface area (Å²) in [5, 5.41) is 7.48. The lowest BCUT2D eigenvalue weighted by atomic mass is 10.2. The molecule has 0 saturated heterocycles. The SMILES string of the molecule is CCc1nn(C)c(OC)c1CNC. The van der Waals surface area contributed by atoms with Gasteiger partial charge in [-0.15, -0.1) is 0 Å². The van der Waals surface area contributed by atoms with E-state index in [1.807, 2.05) is 14.1 Å². The summed E-state index contributed by atoms with van der Waals surface area (Å²) in [5.41, 5.74) is 2.27. The minimum absolute atomic E-state index is 0.806. The van der Waals surface area contributed by atoms with Crippen LogP contribution in [0.4, 0.5) is 0 Å². The van der Waals surface area contributed by atoms with Crippen molar-refractivity contribution in [2.45, 2.75) is 19.9 Å². The predicted octanol–water partition coefficient (Wildman–Crippen LogP) is 0.710. The van der Waals surface area contributed by atoms with E-state index in [2.05, 4.69) is 17.3 Å². The second-order valence-electron chi connectivity index (χ2n) is 2.94. The standard InChI is InChI=1S/C9H17N3O/c1-5-8-7(6-10-2)9(13-4)12(3)11-8/h10H,5-6H2,1-4H3. The number of hydrogen-bond acceptors (Lipinski definition) is 3. The summed E-state index contributed by atoms with van der Waals surface area (Å²) in [5.74, 6) is 0.853. The Hall–Kier alpha value is -1.03. The van der Waals surface area contributed by atoms with E-state index in [1.54, 1.807) is 11.8 Å². The number of methoxy groups -OCH3 is 1. The van der Waals surface area contributed by atoms with Gasteiger partial charge in [0, 0.05) is 13.6 Å². The number of ether oxygens (including phenoxy) is 1. The molecular weight excluding hydrogens is 166 g/mol. The summed E-state index contributed by atoms with van der Waals surface area (Å²) in [6.07, 6.45) is 0.939. The molecule has 0 amide bonds. The minimum atomic E-state index is 0.806. The Morgan fingerprint density at radius 1 is 1.54 bits per heavy atom. The number of rotatable bonds is 4. The Morgan fingerprint density at radius 3 is 2.69 bits per heavy atom. The molecule has 13 heavy (non-hydrogen) atoms. The van der Waals surface area contributed by atoms with E-state index in [1.165, 1.54) is 0 Å². The average Bonchev–Trinajstić information content (AvgIpc) is 2.43. The maximum atomic E-state index is 5.27. The molecule has 0 radical (unpaired) electrons. The number of nitrogens with one attached hydrogen (secondary N) is 1. The van der Waals surface area contributed by atoms with E-state index in [4.69, 9.17) is 4.74 Å². The highest BCUT2D eigenvalue weighted by Gasteiger charge is 2.13. The van der Waals surface area contributed by atoms with Crippen LogP contribution in [0.1, 0.15) is 18.2 Å². The van der Waals surface area contributed by atoms with Gasteiger partial charge in [-0.05, 0) is 13.5 Å². The highest BCUT2D eigenvalue weighted by molar-refractivity contribution is 5.31. The Kier molecular flexibility index (Phi) is 3.31. The van der Waals surface area contributed by atoms with Crippen molar-refractivity contribution in [2.75, 3.05) is 14.2 Å². The first-order valence-electron chi connectivity index (χ1n) is 4.47. The Labute approximate surface area is 78.9 Å². The van der Waals surface area contributed by atoms with Crippen molar-refractivity contribution in [3.05, 3.63) is 11.3 Å². The number of aromatic nitrogens is 2. The lowest BCUT2D eigenvalue weighted by molar-refractivity contribution is 0.368. The van der Waals surface area contributed by atoms with Crippen molar-refractivity contribution in [1.29, 1.82) is 0 Å². The molecule has 0 aromatic carbocycles. The molecule has 0 aliphatic rings. The molecule has 1 N–H and O–H groups in total. The molecule has 1 aromatic rings. The first-order chi connectivity index (χ1) is 6.24. The number of nitrogens with zero attached hydrogens (tertiary/aromatic N) is 2. The van der Waals surface area contributed by atoms with E-state index in [9.17, 15) is 0 Å². The Bertz CT molecular complexity index is 281. The highest BCUT2D eigenvalue weighted by atomic mass is 16.5. The zero-order valence-corrected chi connectivity index (χ0v) is 8.72. The van der Waals surface area contributed by atoms with Gasteiger partial charge in [0.1, 0.15) is 0 Å². The average molecular weight is 183 g/mol. The van der Waals surface area contributed by atoms with Crippen LogP contribution in [0.25, 0.3) is 0 Å². The van der Waals surface area contributed by atoms with E-state index in [0.717, 1.165) is 30.1 Å². The topological polar surface area (TPSA) is 39.1 Å². The van der Waals surface area contributed by atoms with Crippen LogP contribution in [0.2, 0.25) is 0 Å². The summed E-state index contributed by atoms with van der Waals surface area (Å²) in [6.45, 7) is 2.90. The van der Waals surface area contributed by atoms with Crippen molar-refractivity contribution in [1.82, 2.24) is 15.1 Å². The predicted molar refractivity (Wildman–Crippen MR) is 51.9 cm³/mol. The van der Waals surface area contributed by atoms with Crippen molar-refractivity contribution in [3.8, 4) is 5.88 Å². The molecule has 1 rings (SSSR count). The fraction of sp³-hybridized carbons (Fsp3) is 0.667. The van der Waals surface area contributed by atoms with Crippen molar-refractivity contribution in [2.24, 2.45) is 7.05 Å². The fourth-order valence-corrected chi connectivity index (χ4v) is 1.50. The summed E-state index contributed by atoms with van der Waals surface area (Å²) in [6, 6.07) is 0. The number of hydrogen-bond donors (Lipinski definition) is 1. The summed E-state index contributed by atoms with van der Waals surface area (Å²) in [4.78, 5) is 0. The van der Waals surface area contributed by atoms with Gasteiger partial charge in [-0.1, -0.05) is 6.92 Å². The molecule has 0 aliphatic carbocycles. The molecule has 1 heterocycles. The molecule has 0 fully saturated rings. The smallest absolute Gasteiger partial charge is 0.216 e. The highest BCUT2D eigenvalue weighted by Crippen LogP contribution is 2.21. The van der Waals surface area contributed by atoms with Gasteiger partial charge in [0.25, 0.3) is 0 Å². The molecule has 0 atom stereocenters. The maximum absolute atomic E-state index is 5.27. The molecule has 0 bridgehead atoms. The van der Waals surface area contributed by atoms with Crippen molar-refractivity contribution < 1.29 is 4.74 Å². The summed E-state index contributed by atoms with van der Waals surface area (Å²) >= 11 is 0. The van der Waals surface area contributed by atoms with E-state index >= 15 is 0 Å². The lowest BCUT2D eigenvalue weighted by Gasteiger charge is -2.03. The number of aryl methyl sites for hydroxylation is 2. The zero-order valence-electron chi connectivity index (χ0n) is 8.72. The molecule has 4 nitrogen and oxygen atoms in total. The van der Waals surface area contributed by atoms with Gasteiger partial charge in [0.05, 0.1) is 18.4 Å². The molecule has 1 aromatic heterocycles. The quantitative estimate of drug-likeness (QED) is 0.747. The van der Waals surface area contributed by atoms with Crippen LogP contribution in [0.5, 0.6) is 5.88 Å². The largest absolute Gasteiger partial charge is 0.481 e. The molecule has 0 saturated carbocycles. The van der Waals surface area contributed by atoms with Gasteiger partial charge in [0.2, 0.25) is 5.88 Å². The van der Waals surface area contributed by atoms with Gasteiger partial charge >= 0.3 is 0 Å². The maximum Gasteiger partial charge on any atom is 0.216 e. The summed E-state index contributed by atoms with van der Waals surface area (Å²) in [7, 11) is 5.50. The van der Waals surface area contributed by atoms with Crippen LogP contribution < -0.4 is 10.1 Å². The van der Waals surface area contributed by atoms with Crippen LogP contribution >= 0.6 is 0 Å². The molecule has 0 unspecified atom stereocenters. The van der Waals surface area contributed by atoms with Gasteiger partial charge in [0.15, 0.2) is 0 Å². The van der Waals surface area contributed by atoms with Gasteiger partial charge in [-0.2, -0.15) is 5.10 Å². The van der Waals surface area contributed by atoms with Crippen LogP contribution in [-0.2, 0) is 20.0 Å². The summed E-state index contributed by atoms with van der Waals surface area (Å²) < 4.78 is 7.05. The molecule has 0 aliphatic heterocycles. The normalized spacial score (nSPS) is 10.5. The first-order valence-corrected chi connectivity index (χ1v) is 4.47. The first kappa shape index (κ1) is 10.1. The fourth-order valence-electron chi connectivity index (χ4n) is 1.50. The van der Waals surface area contributed by atoms with Crippen LogP contribution in [0, 0.1) is 0 Å². The monoisotopic (exact) mass is 183 g/mol. The van der Waals surface area contributed by atoms with Crippen LogP contribution in [0.15, 0.2) is 0 Å². The molecule has 0 spiro atoms. The minimum Gasteiger partial charge on any atom is -0.481 e. The van der Waals surface area contributed by atoms with E-state index in [0.29, 0.717) is 0 Å². The van der Waals surface area contributed by atoms with Gasteiger partial charge in [-0.3, -0.25) is 0 Å². The van der Waals surface area contributed by atoms with Crippen LogP contribution in [0.3, 0.4) is 0 Å². The third-order valence-electron chi connectivity index (χ3n) is 2.05. The van der Waals surface area contributed by atoms with Gasteiger partial charge in [-0.25, -0.2) is 4.68 Å². The van der Waals surface area contributed by atoms with Gasteiger partial charge < -0.3 is 10.1 Å². The Balaban J connectivity index is 3.08. The van der Waals surface area contributed by atoms with E-state index < -0.39 is 0 Å². The second-order valence-corrected chi connectivity index (χ2v) is 2.94. The molecule has 74 valence electrons. The van der Waals surface area contributed by atoms with E-state index in [-0.39, 0.29) is 0 Å². The van der Waals surface area contributed by atoms with Crippen LogP contribution in [-0.4, -0.2) is 23.9 Å². The van der Waals surface area contributed by atoms with Crippen molar-refractivity contribution in [3.63, 3.8) is 0 Å². The third kappa shape index (κ3) is 1.83. The Morgan fingerprint density at radius 2 is 2.23 bits per heavy atom. The second kappa shape index (κ2) is 4.28. The third-order valence-corrected chi connectivity index (χ3v) is 2.05. The lowest BCUT2D eigenvalue weighted by Crippen LogP contribution is -2.07. The molecule has 4 heteroatoms. The van der Waals surface area contributed by atoms with Crippen molar-refractivity contribution >= 4 is 0 Å². The zero-order chi connectivity index (χ0) is 9.84. The molecular formula is C9H17N3O.